The van der Waals surface area contributed by atoms with Gasteiger partial charge in [-0.05, 0) is 36.1 Å². The van der Waals surface area contributed by atoms with Gasteiger partial charge in [-0.1, -0.05) is 42.5 Å². The number of nitrogens with zero attached hydrogens (tertiary/aromatic N) is 2. The highest BCUT2D eigenvalue weighted by atomic mass is 15.3. The van der Waals surface area contributed by atoms with Gasteiger partial charge >= 0.3 is 0 Å². The molecule has 0 bridgehead atoms. The molecule has 2 heteroatoms. The molecule has 0 saturated carbocycles. The summed E-state index contributed by atoms with van der Waals surface area (Å²) < 4.78 is 1.20. The van der Waals surface area contributed by atoms with E-state index in [0.717, 1.165) is 6.04 Å². The normalized spacial score (nSPS) is 22.1. The van der Waals surface area contributed by atoms with E-state index in [0.29, 0.717) is 6.04 Å². The van der Waals surface area contributed by atoms with Gasteiger partial charge in [-0.2, -0.15) is 0 Å². The van der Waals surface area contributed by atoms with Gasteiger partial charge in [0.1, 0.15) is 0 Å². The monoisotopic (exact) mass is 335 g/mol. The maximum atomic E-state index is 2.69. The zero-order valence-electron chi connectivity index (χ0n) is 15.7. The second kappa shape index (κ2) is 6.84. The minimum atomic E-state index is 0.608. The molecular formula is C23H31N2+. The Kier molecular flexibility index (Phi) is 4.56. The Hall–Kier alpha value is -1.80. The number of quaternary nitrogens is 1. The third-order valence-corrected chi connectivity index (χ3v) is 6.52. The van der Waals surface area contributed by atoms with E-state index in [1.807, 2.05) is 0 Å². The van der Waals surface area contributed by atoms with Gasteiger partial charge in [0, 0.05) is 37.5 Å². The van der Waals surface area contributed by atoms with Gasteiger partial charge in [-0.25, -0.2) is 0 Å². The van der Waals surface area contributed by atoms with Crippen molar-refractivity contribution in [3.63, 3.8) is 0 Å². The van der Waals surface area contributed by atoms with E-state index in [2.05, 4.69) is 73.6 Å². The maximum absolute atomic E-state index is 2.69. The Balaban J connectivity index is 1.52. The maximum Gasteiger partial charge on any atom is 0.0905 e. The molecule has 1 saturated heterocycles. The van der Waals surface area contributed by atoms with Crippen molar-refractivity contribution in [2.24, 2.45) is 0 Å². The summed E-state index contributed by atoms with van der Waals surface area (Å²) in [5.41, 5.74) is 4.49. The number of rotatable bonds is 5. The zero-order valence-corrected chi connectivity index (χ0v) is 15.7. The van der Waals surface area contributed by atoms with Crippen LogP contribution in [0.1, 0.15) is 30.4 Å². The first-order valence-corrected chi connectivity index (χ1v) is 9.85. The van der Waals surface area contributed by atoms with Crippen LogP contribution in [0, 0.1) is 0 Å². The molecule has 1 aliphatic heterocycles. The lowest BCUT2D eigenvalue weighted by Crippen LogP contribution is -2.46. The third-order valence-electron chi connectivity index (χ3n) is 6.52. The van der Waals surface area contributed by atoms with Crippen LogP contribution in [0.15, 0.2) is 54.6 Å². The topological polar surface area (TPSA) is 3.24 Å². The van der Waals surface area contributed by atoms with Crippen molar-refractivity contribution < 1.29 is 4.48 Å². The van der Waals surface area contributed by atoms with Crippen LogP contribution in [0.5, 0.6) is 0 Å². The first kappa shape index (κ1) is 16.7. The fourth-order valence-corrected chi connectivity index (χ4v) is 4.95. The molecule has 0 N–H and O–H groups in total. The second-order valence-corrected chi connectivity index (χ2v) is 8.45. The first-order chi connectivity index (χ1) is 12.1. The highest BCUT2D eigenvalue weighted by Gasteiger charge is 2.35. The summed E-state index contributed by atoms with van der Waals surface area (Å²) in [5.74, 6) is 0. The molecule has 0 aromatic heterocycles. The molecule has 2 aromatic rings. The van der Waals surface area contributed by atoms with Gasteiger partial charge in [0.15, 0.2) is 0 Å². The predicted molar refractivity (Wildman–Crippen MR) is 106 cm³/mol. The molecule has 0 amide bonds. The lowest BCUT2D eigenvalue weighted by atomic mass is 10.1. The van der Waals surface area contributed by atoms with Crippen LogP contribution in [0.4, 0.5) is 5.69 Å². The van der Waals surface area contributed by atoms with Gasteiger partial charge in [-0.3, -0.25) is 0 Å². The molecule has 0 radical (unpaired) electrons. The van der Waals surface area contributed by atoms with Crippen LogP contribution >= 0.6 is 0 Å². The summed E-state index contributed by atoms with van der Waals surface area (Å²) in [4.78, 5) is 2.69. The van der Waals surface area contributed by atoms with Gasteiger partial charge in [-0.15, -0.1) is 0 Å². The van der Waals surface area contributed by atoms with E-state index in [1.54, 1.807) is 11.1 Å². The Morgan fingerprint density at radius 3 is 2.16 bits per heavy atom. The SMILES string of the molecule is C[N+]1(C)CCCC1CCN(c1ccccc1)C1Cc2ccccc2C1. The number of likely N-dealkylation sites (tertiary alicyclic amines) is 1. The molecule has 25 heavy (non-hydrogen) atoms. The summed E-state index contributed by atoms with van der Waals surface area (Å²) in [6.45, 7) is 2.51. The van der Waals surface area contributed by atoms with Crippen molar-refractivity contribution in [1.82, 2.24) is 0 Å². The first-order valence-electron chi connectivity index (χ1n) is 9.85. The second-order valence-electron chi connectivity index (χ2n) is 8.45. The van der Waals surface area contributed by atoms with Crippen molar-refractivity contribution >= 4 is 5.69 Å². The largest absolute Gasteiger partial charge is 0.368 e. The van der Waals surface area contributed by atoms with Crippen LogP contribution in [-0.2, 0) is 12.8 Å². The predicted octanol–water partition coefficient (Wildman–Crippen LogP) is 4.29. The number of para-hydroxylation sites is 1. The average Bonchev–Trinajstić information content (AvgIpc) is 3.19. The van der Waals surface area contributed by atoms with E-state index in [9.17, 15) is 0 Å². The number of hydrogen-bond donors (Lipinski definition) is 0. The fraction of sp³-hybridized carbons (Fsp3) is 0.478. The number of hydrogen-bond acceptors (Lipinski definition) is 1. The van der Waals surface area contributed by atoms with Crippen molar-refractivity contribution in [3.8, 4) is 0 Å². The average molecular weight is 336 g/mol. The Morgan fingerprint density at radius 1 is 0.920 bits per heavy atom. The summed E-state index contributed by atoms with van der Waals surface area (Å²) in [6.07, 6.45) is 6.45. The minimum absolute atomic E-state index is 0.608. The number of benzene rings is 2. The van der Waals surface area contributed by atoms with Gasteiger partial charge in [0.25, 0.3) is 0 Å². The molecule has 1 atom stereocenters. The molecule has 0 spiro atoms. The number of fused-ring (bicyclic) bond motifs is 1. The molecule has 2 aliphatic rings. The molecule has 1 fully saturated rings. The standard InChI is InChI=1S/C23H31N2/c1-25(2)16-8-13-23(25)14-15-24(21-11-4-3-5-12-21)22-17-19-9-6-7-10-20(19)18-22/h3-7,9-12,22-23H,8,13-18H2,1-2H3/q+1. The Morgan fingerprint density at radius 2 is 1.56 bits per heavy atom. The van der Waals surface area contributed by atoms with Crippen LogP contribution in [0.25, 0.3) is 0 Å². The van der Waals surface area contributed by atoms with Crippen molar-refractivity contribution in [2.45, 2.75) is 44.2 Å². The third kappa shape index (κ3) is 3.46. The lowest BCUT2D eigenvalue weighted by molar-refractivity contribution is -0.902. The van der Waals surface area contributed by atoms with Crippen molar-refractivity contribution in [2.75, 3.05) is 32.1 Å². The van der Waals surface area contributed by atoms with Crippen LogP contribution in [0.2, 0.25) is 0 Å². The summed E-state index contributed by atoms with van der Waals surface area (Å²) in [7, 11) is 4.83. The Labute approximate surface area is 152 Å². The van der Waals surface area contributed by atoms with Crippen molar-refractivity contribution in [1.29, 1.82) is 0 Å². The summed E-state index contributed by atoms with van der Waals surface area (Å²) in [6, 6.07) is 21.5. The Bertz CT molecular complexity index is 682. The fourth-order valence-electron chi connectivity index (χ4n) is 4.95. The molecule has 2 nitrogen and oxygen atoms in total. The lowest BCUT2D eigenvalue weighted by Gasteiger charge is -2.36. The summed E-state index contributed by atoms with van der Waals surface area (Å²) >= 11 is 0. The minimum Gasteiger partial charge on any atom is -0.368 e. The molecular weight excluding hydrogens is 304 g/mol. The van der Waals surface area contributed by atoms with Crippen LogP contribution in [-0.4, -0.2) is 43.8 Å². The molecule has 2 aromatic carbocycles. The van der Waals surface area contributed by atoms with E-state index in [-0.39, 0.29) is 0 Å². The van der Waals surface area contributed by atoms with E-state index in [1.165, 1.54) is 55.4 Å². The molecule has 132 valence electrons. The van der Waals surface area contributed by atoms with E-state index >= 15 is 0 Å². The summed E-state index contributed by atoms with van der Waals surface area (Å²) in [5, 5.41) is 0. The van der Waals surface area contributed by atoms with Crippen molar-refractivity contribution in [3.05, 3.63) is 65.7 Å². The van der Waals surface area contributed by atoms with Crippen LogP contribution < -0.4 is 4.90 Å². The highest BCUT2D eigenvalue weighted by molar-refractivity contribution is 5.49. The molecule has 1 heterocycles. The molecule has 1 unspecified atom stereocenters. The van der Waals surface area contributed by atoms with E-state index < -0.39 is 0 Å². The smallest absolute Gasteiger partial charge is 0.0905 e. The van der Waals surface area contributed by atoms with E-state index in [4.69, 9.17) is 0 Å². The van der Waals surface area contributed by atoms with Gasteiger partial charge in [0.05, 0.1) is 26.7 Å². The van der Waals surface area contributed by atoms with Gasteiger partial charge in [0.2, 0.25) is 0 Å². The van der Waals surface area contributed by atoms with Gasteiger partial charge < -0.3 is 9.38 Å². The molecule has 4 rings (SSSR count). The van der Waals surface area contributed by atoms with Crippen LogP contribution in [0.3, 0.4) is 0 Å². The number of anilines is 1. The highest BCUT2D eigenvalue weighted by Crippen LogP contribution is 2.31. The molecule has 1 aliphatic carbocycles. The zero-order chi connectivity index (χ0) is 17.3. The quantitative estimate of drug-likeness (QED) is 0.737.